The molecule has 0 saturated heterocycles. The average Bonchev–Trinajstić information content (AvgIpc) is 2.80. The van der Waals surface area contributed by atoms with Crippen LogP contribution in [0.25, 0.3) is 11.0 Å². The number of rotatable bonds is 3. The number of aromatic amines is 1. The third-order valence-electron chi connectivity index (χ3n) is 2.82. The summed E-state index contributed by atoms with van der Waals surface area (Å²) in [7, 11) is 0. The fourth-order valence-corrected chi connectivity index (χ4v) is 2.21. The van der Waals surface area contributed by atoms with Crippen molar-refractivity contribution < 1.29 is 4.39 Å². The van der Waals surface area contributed by atoms with Gasteiger partial charge in [-0.2, -0.15) is 0 Å². The molecule has 0 aliphatic carbocycles. The van der Waals surface area contributed by atoms with Crippen molar-refractivity contribution in [1.29, 1.82) is 0 Å². The lowest BCUT2D eigenvalue weighted by atomic mass is 10.2. The van der Waals surface area contributed by atoms with Crippen molar-refractivity contribution in [3.05, 3.63) is 58.3 Å². The van der Waals surface area contributed by atoms with E-state index in [4.69, 9.17) is 0 Å². The fourth-order valence-electron chi connectivity index (χ4n) is 1.85. The predicted octanol–water partition coefficient (Wildman–Crippen LogP) is 4.08. The van der Waals surface area contributed by atoms with Crippen LogP contribution in [0.2, 0.25) is 0 Å². The molecule has 0 atom stereocenters. The topological polar surface area (TPSA) is 40.7 Å². The van der Waals surface area contributed by atoms with Gasteiger partial charge in [0.05, 0.1) is 11.0 Å². The molecule has 0 aliphatic rings. The maximum atomic E-state index is 12.8. The predicted molar refractivity (Wildman–Crippen MR) is 77.5 cm³/mol. The summed E-state index contributed by atoms with van der Waals surface area (Å²) in [5.41, 5.74) is 2.88. The molecule has 0 bridgehead atoms. The summed E-state index contributed by atoms with van der Waals surface area (Å²) < 4.78 is 13.8. The van der Waals surface area contributed by atoms with Crippen LogP contribution in [0, 0.1) is 5.82 Å². The summed E-state index contributed by atoms with van der Waals surface area (Å²) in [5, 5.41) is 3.18. The monoisotopic (exact) mass is 319 g/mol. The van der Waals surface area contributed by atoms with Gasteiger partial charge in [0, 0.05) is 11.0 Å². The van der Waals surface area contributed by atoms with Crippen molar-refractivity contribution >= 4 is 32.9 Å². The number of hydrogen-bond acceptors (Lipinski definition) is 2. The first-order valence-corrected chi connectivity index (χ1v) is 6.63. The van der Waals surface area contributed by atoms with E-state index in [0.717, 1.165) is 21.1 Å². The molecule has 0 fully saturated rings. The third kappa shape index (κ3) is 2.76. The van der Waals surface area contributed by atoms with Crippen molar-refractivity contribution in [3.63, 3.8) is 0 Å². The smallest absolute Gasteiger partial charge is 0.201 e. The Labute approximate surface area is 118 Å². The second-order valence-electron chi connectivity index (χ2n) is 4.23. The van der Waals surface area contributed by atoms with Crippen molar-refractivity contribution in [1.82, 2.24) is 9.97 Å². The molecular weight excluding hydrogens is 309 g/mol. The van der Waals surface area contributed by atoms with E-state index in [0.29, 0.717) is 12.5 Å². The Morgan fingerprint density at radius 2 is 1.95 bits per heavy atom. The van der Waals surface area contributed by atoms with Gasteiger partial charge in [0.2, 0.25) is 5.95 Å². The number of nitrogens with one attached hydrogen (secondary N) is 2. The number of anilines is 1. The minimum Gasteiger partial charge on any atom is -0.352 e. The van der Waals surface area contributed by atoms with E-state index in [1.165, 1.54) is 12.1 Å². The Bertz CT molecular complexity index is 706. The fraction of sp³-hybridized carbons (Fsp3) is 0.0714. The van der Waals surface area contributed by atoms with Gasteiger partial charge in [-0.15, -0.1) is 0 Å². The van der Waals surface area contributed by atoms with Crippen LogP contribution in [0.1, 0.15) is 5.56 Å². The molecule has 1 aromatic heterocycles. The molecule has 3 nitrogen and oxygen atoms in total. The van der Waals surface area contributed by atoms with Gasteiger partial charge in [-0.05, 0) is 35.9 Å². The zero-order valence-corrected chi connectivity index (χ0v) is 11.5. The lowest BCUT2D eigenvalue weighted by molar-refractivity contribution is 0.627. The first kappa shape index (κ1) is 12.2. The number of fused-ring (bicyclic) bond motifs is 1. The van der Waals surface area contributed by atoms with E-state index in [2.05, 4.69) is 31.2 Å². The molecule has 0 saturated carbocycles. The Hall–Kier alpha value is -1.88. The number of imidazole rings is 1. The molecule has 96 valence electrons. The number of halogens is 2. The molecule has 0 spiro atoms. The summed E-state index contributed by atoms with van der Waals surface area (Å²) in [6.45, 7) is 0.598. The van der Waals surface area contributed by atoms with Gasteiger partial charge in [0.1, 0.15) is 5.82 Å². The van der Waals surface area contributed by atoms with E-state index in [-0.39, 0.29) is 5.82 Å². The van der Waals surface area contributed by atoms with E-state index in [1.807, 2.05) is 18.2 Å². The zero-order chi connectivity index (χ0) is 13.2. The highest BCUT2D eigenvalue weighted by Crippen LogP contribution is 2.19. The average molecular weight is 320 g/mol. The van der Waals surface area contributed by atoms with E-state index in [9.17, 15) is 4.39 Å². The van der Waals surface area contributed by atoms with Crippen LogP contribution in [0.15, 0.2) is 46.9 Å². The molecule has 5 heteroatoms. The molecule has 2 N–H and O–H groups in total. The molecule has 0 amide bonds. The van der Waals surface area contributed by atoms with Gasteiger partial charge in [-0.1, -0.05) is 28.1 Å². The van der Waals surface area contributed by atoms with Gasteiger partial charge in [0.25, 0.3) is 0 Å². The first-order valence-electron chi connectivity index (χ1n) is 5.84. The van der Waals surface area contributed by atoms with Crippen molar-refractivity contribution in [3.8, 4) is 0 Å². The number of H-pyrrole nitrogens is 1. The van der Waals surface area contributed by atoms with Crippen LogP contribution in [-0.2, 0) is 6.54 Å². The summed E-state index contributed by atoms with van der Waals surface area (Å²) in [6.07, 6.45) is 0. The molecule has 1 heterocycles. The van der Waals surface area contributed by atoms with Gasteiger partial charge < -0.3 is 10.3 Å². The summed E-state index contributed by atoms with van der Waals surface area (Å²) >= 11 is 3.42. The van der Waals surface area contributed by atoms with Crippen LogP contribution in [0.5, 0.6) is 0 Å². The Morgan fingerprint density at radius 1 is 1.16 bits per heavy atom. The normalized spacial score (nSPS) is 10.8. The third-order valence-corrected chi connectivity index (χ3v) is 3.31. The molecular formula is C14H11BrFN3. The Morgan fingerprint density at radius 3 is 2.74 bits per heavy atom. The second kappa shape index (κ2) is 5.01. The van der Waals surface area contributed by atoms with Crippen molar-refractivity contribution in [2.75, 3.05) is 5.32 Å². The largest absolute Gasteiger partial charge is 0.352 e. The highest BCUT2D eigenvalue weighted by atomic mass is 79.9. The lowest BCUT2D eigenvalue weighted by Crippen LogP contribution is -2.00. The number of benzene rings is 2. The van der Waals surface area contributed by atoms with Crippen molar-refractivity contribution in [2.45, 2.75) is 6.54 Å². The minimum atomic E-state index is -0.225. The Balaban J connectivity index is 1.76. The summed E-state index contributed by atoms with van der Waals surface area (Å²) in [5.74, 6) is 0.481. The number of aromatic nitrogens is 2. The molecule has 2 aromatic carbocycles. The van der Waals surface area contributed by atoms with Crippen LogP contribution in [0.4, 0.5) is 10.3 Å². The summed E-state index contributed by atoms with van der Waals surface area (Å²) in [6, 6.07) is 12.3. The Kier molecular flexibility index (Phi) is 3.21. The molecule has 0 aliphatic heterocycles. The lowest BCUT2D eigenvalue weighted by Gasteiger charge is -2.02. The highest BCUT2D eigenvalue weighted by Gasteiger charge is 2.02. The van der Waals surface area contributed by atoms with Crippen molar-refractivity contribution in [2.24, 2.45) is 0 Å². The van der Waals surface area contributed by atoms with Gasteiger partial charge in [-0.3, -0.25) is 0 Å². The first-order chi connectivity index (χ1) is 9.20. The zero-order valence-electron chi connectivity index (χ0n) is 9.95. The van der Waals surface area contributed by atoms with Crippen LogP contribution >= 0.6 is 15.9 Å². The van der Waals surface area contributed by atoms with Crippen LogP contribution in [-0.4, -0.2) is 9.97 Å². The van der Waals surface area contributed by atoms with E-state index < -0.39 is 0 Å². The van der Waals surface area contributed by atoms with Gasteiger partial charge >= 0.3 is 0 Å². The van der Waals surface area contributed by atoms with E-state index >= 15 is 0 Å². The highest BCUT2D eigenvalue weighted by molar-refractivity contribution is 9.10. The second-order valence-corrected chi connectivity index (χ2v) is 5.14. The maximum Gasteiger partial charge on any atom is 0.201 e. The van der Waals surface area contributed by atoms with Crippen LogP contribution < -0.4 is 5.32 Å². The minimum absolute atomic E-state index is 0.225. The van der Waals surface area contributed by atoms with Gasteiger partial charge in [-0.25, -0.2) is 9.37 Å². The maximum absolute atomic E-state index is 12.8. The molecule has 3 rings (SSSR count). The van der Waals surface area contributed by atoms with Crippen LogP contribution in [0.3, 0.4) is 0 Å². The standard InChI is InChI=1S/C14H11BrFN3/c15-10-3-6-12-13(7-10)19-14(18-12)17-8-9-1-4-11(16)5-2-9/h1-7H,8H2,(H2,17,18,19). The molecule has 19 heavy (non-hydrogen) atoms. The van der Waals surface area contributed by atoms with Gasteiger partial charge in [0.15, 0.2) is 0 Å². The quantitative estimate of drug-likeness (QED) is 0.763. The molecule has 3 aromatic rings. The van der Waals surface area contributed by atoms with E-state index in [1.54, 1.807) is 12.1 Å². The number of nitrogens with zero attached hydrogens (tertiary/aromatic N) is 1. The summed E-state index contributed by atoms with van der Waals surface area (Å²) in [4.78, 5) is 7.62. The SMILES string of the molecule is Fc1ccc(CNc2nc3ccc(Br)cc3[nH]2)cc1. The number of hydrogen-bond donors (Lipinski definition) is 2. The molecule has 0 radical (unpaired) electrons. The molecule has 0 unspecified atom stereocenters.